The zero-order valence-electron chi connectivity index (χ0n) is 10.5. The summed E-state index contributed by atoms with van der Waals surface area (Å²) in [5.41, 5.74) is 0. The van der Waals surface area contributed by atoms with Gasteiger partial charge in [0.15, 0.2) is 0 Å². The van der Waals surface area contributed by atoms with Crippen LogP contribution in [0.3, 0.4) is 0 Å². The summed E-state index contributed by atoms with van der Waals surface area (Å²) in [5.74, 6) is 0. The summed E-state index contributed by atoms with van der Waals surface area (Å²) in [4.78, 5) is 0. The first-order valence-electron chi connectivity index (χ1n) is 5.94. The van der Waals surface area contributed by atoms with Crippen LogP contribution in [0, 0.1) is 0 Å². The van der Waals surface area contributed by atoms with Crippen LogP contribution in [0.2, 0.25) is 8.26 Å². The molecule has 0 spiro atoms. The molecule has 0 aromatic heterocycles. The van der Waals surface area contributed by atoms with Gasteiger partial charge >= 0.3 is 71.0 Å². The maximum atomic E-state index is 2.29. The number of allylic oxidation sites excluding steroid dienone is 4. The Morgan fingerprint density at radius 2 is 1.31 bits per heavy atom. The van der Waals surface area contributed by atoms with Crippen molar-refractivity contribution in [3.8, 4) is 0 Å². The van der Waals surface area contributed by atoms with Crippen molar-refractivity contribution in [2.75, 3.05) is 0 Å². The van der Waals surface area contributed by atoms with Gasteiger partial charge in [-0.2, -0.15) is 0 Å². The second kappa shape index (κ2) is 21.3. The molecule has 0 atom stereocenters. The Morgan fingerprint density at radius 1 is 0.875 bits per heavy atom. The Labute approximate surface area is 126 Å². The molecule has 0 N–H and O–H groups in total. The van der Waals surface area contributed by atoms with Gasteiger partial charge in [-0.25, -0.2) is 0 Å². The number of hydrogen-bond acceptors (Lipinski definition) is 0. The van der Waals surface area contributed by atoms with Gasteiger partial charge in [0.2, 0.25) is 0 Å². The van der Waals surface area contributed by atoms with Crippen LogP contribution >= 0.6 is 0 Å². The van der Waals surface area contributed by atoms with E-state index in [1.165, 1.54) is 25.7 Å². The standard InChI is InChI=1S/C5H6.2C4H9.2ClH.Zr/c1-2-4-5-3-1;2*1-3-4-2;;;/h1-4H,5H2;2*1,3-4H2,2H3;2*1H;/q;;;;;+2/p-2. The van der Waals surface area contributed by atoms with Crippen LogP contribution in [-0.4, -0.2) is 0 Å². The smallest absolute Gasteiger partial charge is 1.00 e. The maximum Gasteiger partial charge on any atom is -1.00 e. The second-order valence-electron chi connectivity index (χ2n) is 3.55. The summed E-state index contributed by atoms with van der Waals surface area (Å²) in [5, 5.41) is 0. The molecule has 1 aliphatic carbocycles. The fraction of sp³-hybridized carbons (Fsp3) is 0.692. The number of hydrogen-bond donors (Lipinski definition) is 0. The Bertz CT molecular complexity index is 140. The number of halogens is 2. The average Bonchev–Trinajstić information content (AvgIpc) is 2.76. The fourth-order valence-electron chi connectivity index (χ4n) is 1.12. The Kier molecular flexibility index (Phi) is 29.4. The summed E-state index contributed by atoms with van der Waals surface area (Å²) < 4.78 is 3.25. The van der Waals surface area contributed by atoms with E-state index in [-0.39, 0.29) is 48.0 Å². The topological polar surface area (TPSA) is 0 Å². The van der Waals surface area contributed by atoms with E-state index in [4.69, 9.17) is 0 Å². The largest absolute Gasteiger partial charge is 1.00 e. The molecular weight excluding hydrogens is 318 g/mol. The third kappa shape index (κ3) is 20.4. The van der Waals surface area contributed by atoms with Crippen LogP contribution in [0.5, 0.6) is 0 Å². The Hall–Kier alpha value is 0.943. The van der Waals surface area contributed by atoms with Gasteiger partial charge in [0.25, 0.3) is 0 Å². The van der Waals surface area contributed by atoms with Crippen LogP contribution in [-0.2, 0) is 23.2 Å². The van der Waals surface area contributed by atoms with Crippen LogP contribution < -0.4 is 24.8 Å². The van der Waals surface area contributed by atoms with Crippen molar-refractivity contribution in [1.82, 2.24) is 0 Å². The van der Waals surface area contributed by atoms with E-state index in [0.717, 1.165) is 6.42 Å². The molecule has 0 nitrogen and oxygen atoms in total. The minimum Gasteiger partial charge on any atom is -1.00 e. The maximum absolute atomic E-state index is 2.29. The molecule has 0 saturated heterocycles. The predicted octanol–water partition coefficient (Wildman–Crippen LogP) is -0.984. The zero-order valence-corrected chi connectivity index (χ0v) is 14.5. The monoisotopic (exact) mass is 340 g/mol. The van der Waals surface area contributed by atoms with E-state index in [2.05, 4.69) is 38.2 Å². The molecule has 0 fully saturated rings. The third-order valence-electron chi connectivity index (χ3n) is 2.07. The van der Waals surface area contributed by atoms with E-state index < -0.39 is 0 Å². The number of unbranched alkanes of at least 4 members (excludes halogenated alkanes) is 2. The van der Waals surface area contributed by atoms with Gasteiger partial charge in [0.1, 0.15) is 0 Å². The summed E-state index contributed by atoms with van der Waals surface area (Å²) in [7, 11) is 0. The molecule has 0 unspecified atom stereocenters. The zero-order chi connectivity index (χ0) is 10.5. The SMILES string of the molecule is C1=CCC=C1.CCC[CH2][Zr+2][CH2]CCC.[Cl-].[Cl-]. The minimum absolute atomic E-state index is 0. The normalized spacial score (nSPS) is 10.6. The molecule has 0 aromatic rings. The molecule has 3 heteroatoms. The molecule has 1 rings (SSSR count). The van der Waals surface area contributed by atoms with Crippen LogP contribution in [0.4, 0.5) is 0 Å². The summed E-state index contributed by atoms with van der Waals surface area (Å²) in [6.45, 7) is 4.58. The molecule has 16 heavy (non-hydrogen) atoms. The molecule has 0 amide bonds. The molecule has 0 aromatic carbocycles. The molecular formula is C13H24Cl2Zr. The van der Waals surface area contributed by atoms with Gasteiger partial charge in [-0.15, -0.1) is 0 Å². The molecule has 0 heterocycles. The van der Waals surface area contributed by atoms with E-state index >= 15 is 0 Å². The Morgan fingerprint density at radius 3 is 1.56 bits per heavy atom. The van der Waals surface area contributed by atoms with Crippen molar-refractivity contribution in [2.24, 2.45) is 0 Å². The van der Waals surface area contributed by atoms with Crippen molar-refractivity contribution in [3.05, 3.63) is 24.3 Å². The van der Waals surface area contributed by atoms with Crippen LogP contribution in [0.25, 0.3) is 0 Å². The first-order valence-corrected chi connectivity index (χ1v) is 9.41. The molecule has 0 saturated carbocycles. The predicted molar refractivity (Wildman–Crippen MR) is 62.3 cm³/mol. The minimum atomic E-state index is 0. The first-order chi connectivity index (χ1) is 6.91. The van der Waals surface area contributed by atoms with Gasteiger partial charge in [-0.3, -0.25) is 0 Å². The van der Waals surface area contributed by atoms with E-state index in [9.17, 15) is 0 Å². The first kappa shape index (κ1) is 22.2. The quantitative estimate of drug-likeness (QED) is 0.544. The van der Waals surface area contributed by atoms with Crippen LogP contribution in [0.15, 0.2) is 24.3 Å². The van der Waals surface area contributed by atoms with Crippen molar-refractivity contribution < 1.29 is 48.0 Å². The summed E-state index contributed by atoms with van der Waals surface area (Å²) in [6, 6.07) is 0. The molecule has 0 radical (unpaired) electrons. The van der Waals surface area contributed by atoms with Crippen molar-refractivity contribution in [2.45, 2.75) is 54.2 Å². The van der Waals surface area contributed by atoms with Crippen molar-refractivity contribution in [3.63, 3.8) is 0 Å². The van der Waals surface area contributed by atoms with Gasteiger partial charge < -0.3 is 24.8 Å². The van der Waals surface area contributed by atoms with E-state index in [0.29, 0.717) is 0 Å². The van der Waals surface area contributed by atoms with Crippen molar-refractivity contribution >= 4 is 0 Å². The molecule has 0 bridgehead atoms. The summed E-state index contributed by atoms with van der Waals surface area (Å²) >= 11 is 0.149. The van der Waals surface area contributed by atoms with Gasteiger partial charge in [0.05, 0.1) is 0 Å². The van der Waals surface area contributed by atoms with E-state index in [1.54, 1.807) is 8.26 Å². The van der Waals surface area contributed by atoms with Gasteiger partial charge in [0, 0.05) is 0 Å². The van der Waals surface area contributed by atoms with Gasteiger partial charge in [-0.05, 0) is 6.42 Å². The third-order valence-corrected chi connectivity index (χ3v) is 5.55. The number of rotatable bonds is 6. The summed E-state index contributed by atoms with van der Waals surface area (Å²) in [6.07, 6.45) is 15.3. The Balaban J connectivity index is -0.000000208. The molecule has 94 valence electrons. The second-order valence-corrected chi connectivity index (χ2v) is 7.24. The van der Waals surface area contributed by atoms with Crippen molar-refractivity contribution in [1.29, 1.82) is 0 Å². The average molecular weight is 342 g/mol. The molecule has 1 aliphatic rings. The fourth-order valence-corrected chi connectivity index (χ4v) is 4.70. The van der Waals surface area contributed by atoms with E-state index in [1.807, 2.05) is 0 Å². The molecule has 0 aliphatic heterocycles. The van der Waals surface area contributed by atoms with Crippen LogP contribution in [0.1, 0.15) is 46.0 Å². The van der Waals surface area contributed by atoms with Gasteiger partial charge in [-0.1, -0.05) is 24.3 Å².